The predicted octanol–water partition coefficient (Wildman–Crippen LogP) is 4.44. The number of carbonyl (C=O) groups excluding carboxylic acids is 2. The number of nitrogens with one attached hydrogen (secondary N) is 2. The second-order valence-electron chi connectivity index (χ2n) is 5.98. The van der Waals surface area contributed by atoms with Crippen molar-refractivity contribution in [3.8, 4) is 10.4 Å². The van der Waals surface area contributed by atoms with Gasteiger partial charge >= 0.3 is 6.03 Å². The number of urea groups is 1. The third kappa shape index (κ3) is 4.66. The summed E-state index contributed by atoms with van der Waals surface area (Å²) >= 11 is 4.50. The van der Waals surface area contributed by atoms with Crippen LogP contribution in [-0.2, 0) is 11.3 Å². The van der Waals surface area contributed by atoms with Gasteiger partial charge < -0.3 is 9.73 Å². The van der Waals surface area contributed by atoms with Crippen LogP contribution < -0.4 is 10.6 Å². The van der Waals surface area contributed by atoms with Crippen LogP contribution in [0.15, 0.2) is 50.7 Å². The van der Waals surface area contributed by atoms with Crippen molar-refractivity contribution in [1.82, 2.24) is 20.6 Å². The molecule has 0 atom stereocenters. The molecule has 0 unspecified atom stereocenters. The highest BCUT2D eigenvalue weighted by atomic mass is 32.2. The van der Waals surface area contributed by atoms with E-state index in [0.29, 0.717) is 11.6 Å². The second-order valence-corrected chi connectivity index (χ2v) is 8.75. The number of carbonyl (C=O) groups is 2. The maximum atomic E-state index is 12.2. The first kappa shape index (κ1) is 19.6. The Kier molecular flexibility index (Phi) is 5.93. The van der Waals surface area contributed by atoms with Gasteiger partial charge in [-0.1, -0.05) is 17.8 Å². The van der Waals surface area contributed by atoms with Gasteiger partial charge in [-0.05, 0) is 30.5 Å². The monoisotopic (exact) mass is 444 g/mol. The normalized spacial score (nSPS) is 10.9. The fourth-order valence-corrected chi connectivity index (χ4v) is 5.41. The van der Waals surface area contributed by atoms with Crippen molar-refractivity contribution in [2.75, 3.05) is 5.75 Å². The topological polar surface area (TPSA) is 97.1 Å². The average molecular weight is 445 g/mol. The number of thioether (sulfide) groups is 1. The summed E-state index contributed by atoms with van der Waals surface area (Å²) in [4.78, 5) is 35.2. The maximum absolute atomic E-state index is 12.2. The van der Waals surface area contributed by atoms with Gasteiger partial charge in [0, 0.05) is 15.8 Å². The molecule has 0 radical (unpaired) electrons. The summed E-state index contributed by atoms with van der Waals surface area (Å²) in [5, 5.41) is 10.7. The van der Waals surface area contributed by atoms with Gasteiger partial charge in [0.05, 0.1) is 23.9 Å². The molecule has 0 fully saturated rings. The van der Waals surface area contributed by atoms with Crippen molar-refractivity contribution in [1.29, 1.82) is 0 Å². The summed E-state index contributed by atoms with van der Waals surface area (Å²) in [5.74, 6) is 0.930. The lowest BCUT2D eigenvalue weighted by Crippen LogP contribution is -2.39. The van der Waals surface area contributed by atoms with Gasteiger partial charge in [0.15, 0.2) is 0 Å². The van der Waals surface area contributed by atoms with E-state index in [1.54, 1.807) is 34.8 Å². The smallest absolute Gasteiger partial charge is 0.321 e. The van der Waals surface area contributed by atoms with Crippen molar-refractivity contribution in [2.45, 2.75) is 18.5 Å². The summed E-state index contributed by atoms with van der Waals surface area (Å²) in [7, 11) is 0. The van der Waals surface area contributed by atoms with Crippen LogP contribution in [0.1, 0.15) is 11.6 Å². The molecule has 0 aliphatic heterocycles. The summed E-state index contributed by atoms with van der Waals surface area (Å²) < 4.78 is 5.14. The molecule has 7 nitrogen and oxygen atoms in total. The molecule has 4 rings (SSSR count). The molecule has 10 heteroatoms. The molecule has 0 aromatic carbocycles. The van der Waals surface area contributed by atoms with Gasteiger partial charge in [0.2, 0.25) is 5.91 Å². The van der Waals surface area contributed by atoms with E-state index in [0.717, 1.165) is 25.7 Å². The third-order valence-corrected chi connectivity index (χ3v) is 6.65. The molecule has 0 aliphatic carbocycles. The summed E-state index contributed by atoms with van der Waals surface area (Å²) in [6, 6.07) is 6.96. The molecule has 4 aromatic heterocycles. The van der Waals surface area contributed by atoms with E-state index in [2.05, 4.69) is 32.0 Å². The van der Waals surface area contributed by atoms with Crippen molar-refractivity contribution in [2.24, 2.45) is 0 Å². The van der Waals surface area contributed by atoms with Crippen LogP contribution in [0.25, 0.3) is 20.7 Å². The van der Waals surface area contributed by atoms with Gasteiger partial charge in [-0.15, -0.1) is 22.7 Å². The van der Waals surface area contributed by atoms with Crippen LogP contribution in [0, 0.1) is 6.92 Å². The van der Waals surface area contributed by atoms with E-state index in [9.17, 15) is 9.59 Å². The van der Waals surface area contributed by atoms with Crippen molar-refractivity contribution < 1.29 is 14.0 Å². The number of imide groups is 1. The van der Waals surface area contributed by atoms with Gasteiger partial charge in [0.1, 0.15) is 21.4 Å². The quantitative estimate of drug-likeness (QED) is 0.337. The van der Waals surface area contributed by atoms with Gasteiger partial charge in [-0.25, -0.2) is 14.8 Å². The lowest BCUT2D eigenvalue weighted by atomic mass is 10.2. The van der Waals surface area contributed by atoms with Crippen molar-refractivity contribution in [3.63, 3.8) is 0 Å². The Hall–Kier alpha value is -2.69. The standard InChI is InChI=1S/C19H16N4O3S3/c1-11-21-17-16(13(9-28-17)14-5-3-7-27-14)18(22-11)29-10-15(24)23-19(25)20-8-12-4-2-6-26-12/h2-7,9H,8,10H2,1H3,(H2,20,23,24,25). The molecule has 0 saturated heterocycles. The highest BCUT2D eigenvalue weighted by molar-refractivity contribution is 8.00. The Balaban J connectivity index is 1.43. The molecule has 29 heavy (non-hydrogen) atoms. The number of aromatic nitrogens is 2. The number of fused-ring (bicyclic) bond motifs is 1. The van der Waals surface area contributed by atoms with Crippen LogP contribution in [0.3, 0.4) is 0 Å². The molecule has 0 bridgehead atoms. The number of nitrogens with zero attached hydrogens (tertiary/aromatic N) is 2. The number of thiophene rings is 2. The van der Waals surface area contributed by atoms with Gasteiger partial charge in [-0.2, -0.15) is 0 Å². The van der Waals surface area contributed by atoms with Crippen molar-refractivity contribution in [3.05, 3.63) is 52.9 Å². The molecule has 3 amide bonds. The lowest BCUT2D eigenvalue weighted by Gasteiger charge is -2.07. The highest BCUT2D eigenvalue weighted by Gasteiger charge is 2.17. The van der Waals surface area contributed by atoms with E-state index in [1.807, 2.05) is 18.4 Å². The highest BCUT2D eigenvalue weighted by Crippen LogP contribution is 2.39. The van der Waals surface area contributed by atoms with Crippen LogP contribution in [0.5, 0.6) is 0 Å². The first-order chi connectivity index (χ1) is 14.1. The van der Waals surface area contributed by atoms with Crippen LogP contribution in [0.4, 0.5) is 4.79 Å². The van der Waals surface area contributed by atoms with E-state index in [4.69, 9.17) is 4.42 Å². The number of furan rings is 1. The first-order valence-corrected chi connectivity index (χ1v) is 11.4. The Morgan fingerprint density at radius 3 is 2.86 bits per heavy atom. The molecule has 0 aliphatic rings. The Morgan fingerprint density at radius 2 is 2.10 bits per heavy atom. The van der Waals surface area contributed by atoms with E-state index < -0.39 is 11.9 Å². The molecule has 0 saturated carbocycles. The van der Waals surface area contributed by atoms with Gasteiger partial charge in [-0.3, -0.25) is 10.1 Å². The largest absolute Gasteiger partial charge is 0.467 e. The molecule has 148 valence electrons. The number of aryl methyl sites for hydroxylation is 1. The third-order valence-electron chi connectivity index (χ3n) is 3.90. The minimum absolute atomic E-state index is 0.0689. The zero-order valence-electron chi connectivity index (χ0n) is 15.3. The van der Waals surface area contributed by atoms with E-state index in [-0.39, 0.29) is 12.3 Å². The Morgan fingerprint density at radius 1 is 1.21 bits per heavy atom. The predicted molar refractivity (Wildman–Crippen MR) is 115 cm³/mol. The van der Waals surface area contributed by atoms with Crippen molar-refractivity contribution >= 4 is 56.6 Å². The zero-order chi connectivity index (χ0) is 20.2. The molecule has 4 aromatic rings. The fourth-order valence-electron chi connectivity index (χ4n) is 2.65. The average Bonchev–Trinajstić information content (AvgIpc) is 3.45. The molecule has 0 spiro atoms. The Labute approximate surface area is 178 Å². The number of rotatable bonds is 6. The minimum atomic E-state index is -0.564. The SMILES string of the molecule is Cc1nc(SCC(=O)NC(=O)NCc2ccco2)c2c(-c3cccs3)csc2n1. The molecular formula is C19H16N4O3S3. The first-order valence-electron chi connectivity index (χ1n) is 8.62. The summed E-state index contributed by atoms with van der Waals surface area (Å²) in [6.07, 6.45) is 1.52. The lowest BCUT2D eigenvalue weighted by molar-refractivity contribution is -0.117. The number of amides is 3. The second kappa shape index (κ2) is 8.76. The Bertz CT molecular complexity index is 1140. The fraction of sp³-hybridized carbons (Fsp3) is 0.158. The van der Waals surface area contributed by atoms with E-state index >= 15 is 0 Å². The van der Waals surface area contributed by atoms with E-state index in [1.165, 1.54) is 18.0 Å². The van der Waals surface area contributed by atoms with Gasteiger partial charge in [0.25, 0.3) is 0 Å². The summed E-state index contributed by atoms with van der Waals surface area (Å²) in [6.45, 7) is 2.04. The molecule has 2 N–H and O–H groups in total. The zero-order valence-corrected chi connectivity index (χ0v) is 17.7. The number of hydrogen-bond acceptors (Lipinski definition) is 8. The van der Waals surface area contributed by atoms with Crippen LogP contribution in [0.2, 0.25) is 0 Å². The van der Waals surface area contributed by atoms with Crippen LogP contribution >= 0.6 is 34.4 Å². The van der Waals surface area contributed by atoms with Crippen LogP contribution in [-0.4, -0.2) is 27.7 Å². The maximum Gasteiger partial charge on any atom is 0.321 e. The molecular weight excluding hydrogens is 428 g/mol. The minimum Gasteiger partial charge on any atom is -0.467 e. The number of hydrogen-bond donors (Lipinski definition) is 2. The molecule has 4 heterocycles. The summed E-state index contributed by atoms with van der Waals surface area (Å²) in [5.41, 5.74) is 1.07.